The molecule has 0 aliphatic rings. The molecule has 0 bridgehead atoms. The molecule has 2 aromatic rings. The van der Waals surface area contributed by atoms with E-state index in [9.17, 15) is 4.79 Å². The molecule has 2 heterocycles. The van der Waals surface area contributed by atoms with Crippen molar-refractivity contribution in [2.75, 3.05) is 6.26 Å². The van der Waals surface area contributed by atoms with Crippen LogP contribution in [-0.2, 0) is 0 Å². The molecule has 0 aliphatic heterocycles. The summed E-state index contributed by atoms with van der Waals surface area (Å²) in [5, 5.41) is 0.0168. The highest BCUT2D eigenvalue weighted by atomic mass is 32.2. The van der Waals surface area contributed by atoms with Crippen molar-refractivity contribution in [2.45, 2.75) is 0 Å². The van der Waals surface area contributed by atoms with Gasteiger partial charge in [0, 0.05) is 24.8 Å². The van der Waals surface area contributed by atoms with Crippen molar-refractivity contribution < 1.29 is 4.79 Å². The highest BCUT2D eigenvalue weighted by Gasteiger charge is 2.05. The summed E-state index contributed by atoms with van der Waals surface area (Å²) in [5.74, 6) is 0.609. The summed E-state index contributed by atoms with van der Waals surface area (Å²) in [6.07, 6.45) is 8.44. The Hall–Kier alpha value is -1.36. The van der Waals surface area contributed by atoms with Gasteiger partial charge in [0.25, 0.3) is 0 Å². The lowest BCUT2D eigenvalue weighted by atomic mass is 10.4. The molecule has 0 aromatic carbocycles. The molecule has 0 aliphatic carbocycles. The minimum Gasteiger partial charge on any atom is -0.290 e. The standard InChI is InChI=1S/C8H7N3OS/c1-13-7(12)6-4-10-8-9-2-3-11(8)5-6/h2-5H,1H3. The number of carbonyl (C=O) groups excluding carboxylic acids is 1. The first-order valence-electron chi connectivity index (χ1n) is 3.68. The second kappa shape index (κ2) is 3.18. The third-order valence-electron chi connectivity index (χ3n) is 1.67. The maximum absolute atomic E-state index is 11.3. The Morgan fingerprint density at radius 2 is 2.38 bits per heavy atom. The van der Waals surface area contributed by atoms with Gasteiger partial charge in [-0.1, -0.05) is 11.8 Å². The van der Waals surface area contributed by atoms with Gasteiger partial charge in [-0.05, 0) is 6.26 Å². The molecule has 66 valence electrons. The molecule has 5 heteroatoms. The Bertz CT molecular complexity index is 451. The smallest absolute Gasteiger partial charge is 0.233 e. The molecule has 0 saturated carbocycles. The first-order valence-corrected chi connectivity index (χ1v) is 4.91. The maximum atomic E-state index is 11.3. The third-order valence-corrected chi connectivity index (χ3v) is 2.27. The van der Waals surface area contributed by atoms with E-state index >= 15 is 0 Å². The first-order chi connectivity index (χ1) is 6.31. The highest BCUT2D eigenvalue weighted by Crippen LogP contribution is 2.08. The van der Waals surface area contributed by atoms with Gasteiger partial charge >= 0.3 is 0 Å². The van der Waals surface area contributed by atoms with Crippen molar-refractivity contribution in [2.24, 2.45) is 0 Å². The number of hydrogen-bond donors (Lipinski definition) is 0. The monoisotopic (exact) mass is 193 g/mol. The Balaban J connectivity index is 2.54. The lowest BCUT2D eigenvalue weighted by Gasteiger charge is -1.97. The van der Waals surface area contributed by atoms with Crippen LogP contribution >= 0.6 is 11.8 Å². The van der Waals surface area contributed by atoms with E-state index in [4.69, 9.17) is 0 Å². The predicted octanol–water partition coefficient (Wildman–Crippen LogP) is 1.23. The molecule has 2 aromatic heterocycles. The molecule has 0 unspecified atom stereocenters. The van der Waals surface area contributed by atoms with E-state index in [-0.39, 0.29) is 5.12 Å². The summed E-state index contributed by atoms with van der Waals surface area (Å²) in [6, 6.07) is 0. The van der Waals surface area contributed by atoms with Crippen molar-refractivity contribution in [1.82, 2.24) is 14.4 Å². The quantitative estimate of drug-likeness (QED) is 0.683. The molecule has 0 fully saturated rings. The van der Waals surface area contributed by atoms with E-state index in [0.29, 0.717) is 11.3 Å². The molecule has 0 radical (unpaired) electrons. The second-order valence-corrected chi connectivity index (χ2v) is 3.25. The van der Waals surface area contributed by atoms with Gasteiger partial charge in [0.15, 0.2) is 0 Å². The number of aromatic nitrogens is 3. The van der Waals surface area contributed by atoms with Crippen molar-refractivity contribution in [1.29, 1.82) is 0 Å². The van der Waals surface area contributed by atoms with Gasteiger partial charge in [0.05, 0.1) is 5.56 Å². The molecule has 2 rings (SSSR count). The summed E-state index contributed by atoms with van der Waals surface area (Å²) in [5.41, 5.74) is 0.595. The van der Waals surface area contributed by atoms with Gasteiger partial charge in [-0.15, -0.1) is 0 Å². The zero-order chi connectivity index (χ0) is 9.26. The Morgan fingerprint density at radius 3 is 3.15 bits per heavy atom. The van der Waals surface area contributed by atoms with Crippen LogP contribution in [0.3, 0.4) is 0 Å². The zero-order valence-electron chi connectivity index (χ0n) is 6.97. The maximum Gasteiger partial charge on any atom is 0.233 e. The summed E-state index contributed by atoms with van der Waals surface area (Å²) < 4.78 is 1.73. The van der Waals surface area contributed by atoms with E-state index in [1.54, 1.807) is 35.4 Å². The topological polar surface area (TPSA) is 47.3 Å². The van der Waals surface area contributed by atoms with Gasteiger partial charge < -0.3 is 0 Å². The SMILES string of the molecule is CSC(=O)c1cnc2nccn2c1. The summed E-state index contributed by atoms with van der Waals surface area (Å²) in [6.45, 7) is 0. The molecule has 0 saturated heterocycles. The van der Waals surface area contributed by atoms with Crippen molar-refractivity contribution in [3.05, 3.63) is 30.4 Å². The number of nitrogens with zero attached hydrogens (tertiary/aromatic N) is 3. The molecule has 13 heavy (non-hydrogen) atoms. The minimum absolute atomic E-state index is 0.0168. The van der Waals surface area contributed by atoms with Crippen LogP contribution in [0.4, 0.5) is 0 Å². The van der Waals surface area contributed by atoms with E-state index in [0.717, 1.165) is 0 Å². The fraction of sp³-hybridized carbons (Fsp3) is 0.125. The molecule has 0 atom stereocenters. The van der Waals surface area contributed by atoms with Crippen LogP contribution in [0.5, 0.6) is 0 Å². The molecular formula is C8H7N3OS. The van der Waals surface area contributed by atoms with Crippen molar-refractivity contribution >= 4 is 22.7 Å². The van der Waals surface area contributed by atoms with Gasteiger partial charge in [-0.2, -0.15) is 0 Å². The van der Waals surface area contributed by atoms with Gasteiger partial charge in [0.2, 0.25) is 10.9 Å². The lowest BCUT2D eigenvalue weighted by molar-refractivity contribution is 0.108. The zero-order valence-corrected chi connectivity index (χ0v) is 7.78. The number of fused-ring (bicyclic) bond motifs is 1. The molecule has 4 nitrogen and oxygen atoms in total. The Labute approximate surface area is 79.0 Å². The average Bonchev–Trinajstić information content (AvgIpc) is 2.63. The van der Waals surface area contributed by atoms with E-state index in [1.807, 2.05) is 0 Å². The molecule has 0 N–H and O–H groups in total. The summed E-state index contributed by atoms with van der Waals surface area (Å²) in [7, 11) is 0. The van der Waals surface area contributed by atoms with Crippen LogP contribution in [0.25, 0.3) is 5.78 Å². The Morgan fingerprint density at radius 1 is 1.54 bits per heavy atom. The molecule has 0 spiro atoms. The normalized spacial score (nSPS) is 10.5. The minimum atomic E-state index is 0.0168. The van der Waals surface area contributed by atoms with Gasteiger partial charge in [-0.25, -0.2) is 9.97 Å². The fourth-order valence-electron chi connectivity index (χ4n) is 1.04. The van der Waals surface area contributed by atoms with Crippen LogP contribution < -0.4 is 0 Å². The largest absolute Gasteiger partial charge is 0.290 e. The van der Waals surface area contributed by atoms with Crippen molar-refractivity contribution in [3.8, 4) is 0 Å². The molecule has 0 amide bonds. The number of imidazole rings is 1. The highest BCUT2D eigenvalue weighted by molar-refractivity contribution is 8.13. The Kier molecular flexibility index (Phi) is 2.02. The fourth-order valence-corrected chi connectivity index (χ4v) is 1.38. The van der Waals surface area contributed by atoms with Crippen LogP contribution in [0.15, 0.2) is 24.8 Å². The number of carbonyl (C=O) groups is 1. The average molecular weight is 193 g/mol. The van der Waals surface area contributed by atoms with Crippen LogP contribution in [0.1, 0.15) is 10.4 Å². The second-order valence-electron chi connectivity index (χ2n) is 2.47. The summed E-state index contributed by atoms with van der Waals surface area (Å²) >= 11 is 1.18. The van der Waals surface area contributed by atoms with E-state index in [2.05, 4.69) is 9.97 Å². The summed E-state index contributed by atoms with van der Waals surface area (Å²) in [4.78, 5) is 19.3. The predicted molar refractivity (Wildman–Crippen MR) is 50.8 cm³/mol. The van der Waals surface area contributed by atoms with E-state index in [1.165, 1.54) is 11.8 Å². The molecular weight excluding hydrogens is 186 g/mol. The van der Waals surface area contributed by atoms with E-state index < -0.39 is 0 Å². The number of hydrogen-bond acceptors (Lipinski definition) is 4. The number of rotatable bonds is 1. The number of thioether (sulfide) groups is 1. The van der Waals surface area contributed by atoms with Crippen LogP contribution in [0.2, 0.25) is 0 Å². The van der Waals surface area contributed by atoms with Crippen molar-refractivity contribution in [3.63, 3.8) is 0 Å². The van der Waals surface area contributed by atoms with Gasteiger partial charge in [0.1, 0.15) is 0 Å². The first kappa shape index (κ1) is 8.25. The third kappa shape index (κ3) is 1.42. The van der Waals surface area contributed by atoms with Gasteiger partial charge in [-0.3, -0.25) is 9.20 Å². The lowest BCUT2D eigenvalue weighted by Crippen LogP contribution is -1.97. The van der Waals surface area contributed by atoms with Crippen LogP contribution in [-0.4, -0.2) is 25.7 Å². The van der Waals surface area contributed by atoms with Crippen LogP contribution in [0, 0.1) is 0 Å².